The topological polar surface area (TPSA) is 74.7 Å². The molecule has 2 rings (SSSR count). The van der Waals surface area contributed by atoms with Crippen molar-refractivity contribution >= 4 is 22.7 Å². The maximum Gasteiger partial charge on any atom is 0.307 e. The molecule has 1 aliphatic carbocycles. The number of hydrogen-bond donors (Lipinski definition) is 1. The highest BCUT2D eigenvalue weighted by molar-refractivity contribution is 7.85. The van der Waals surface area contributed by atoms with Gasteiger partial charge < -0.3 is 10.0 Å². The highest BCUT2D eigenvalue weighted by atomic mass is 32.2. The van der Waals surface area contributed by atoms with Crippen molar-refractivity contribution in [1.29, 1.82) is 0 Å². The number of amides is 1. The first-order valence-corrected chi connectivity index (χ1v) is 7.95. The Hall–Kier alpha value is -0.910. The summed E-state index contributed by atoms with van der Waals surface area (Å²) in [6.07, 6.45) is 3.10. The monoisotopic (exact) mass is 273 g/mol. The van der Waals surface area contributed by atoms with Gasteiger partial charge in [0, 0.05) is 35.4 Å². The summed E-state index contributed by atoms with van der Waals surface area (Å²) < 4.78 is 11.3. The van der Waals surface area contributed by atoms with Crippen LogP contribution < -0.4 is 0 Å². The average Bonchev–Trinajstić information content (AvgIpc) is 2.39. The Morgan fingerprint density at radius 1 is 1.06 bits per heavy atom. The summed E-state index contributed by atoms with van der Waals surface area (Å²) in [6.45, 7) is 1.02. The third-order valence-corrected chi connectivity index (χ3v) is 5.17. The van der Waals surface area contributed by atoms with Crippen molar-refractivity contribution in [3.8, 4) is 0 Å². The second-order valence-electron chi connectivity index (χ2n) is 5.01. The summed E-state index contributed by atoms with van der Waals surface area (Å²) in [6, 6.07) is 0. The number of carboxylic acid groups (broad SMARTS) is 1. The van der Waals surface area contributed by atoms with Crippen molar-refractivity contribution in [2.75, 3.05) is 24.6 Å². The fourth-order valence-electron chi connectivity index (χ4n) is 2.81. The average molecular weight is 273 g/mol. The summed E-state index contributed by atoms with van der Waals surface area (Å²) in [5, 5.41) is 9.18. The molecule has 5 nitrogen and oxygen atoms in total. The van der Waals surface area contributed by atoms with Gasteiger partial charge in [0.25, 0.3) is 0 Å². The summed E-state index contributed by atoms with van der Waals surface area (Å²) in [7, 11) is -0.810. The first-order valence-electron chi connectivity index (χ1n) is 6.46. The van der Waals surface area contributed by atoms with Crippen LogP contribution in [0.25, 0.3) is 0 Å². The minimum absolute atomic E-state index is 0.0428. The lowest BCUT2D eigenvalue weighted by molar-refractivity contribution is -0.152. The number of carbonyl (C=O) groups is 2. The van der Waals surface area contributed by atoms with E-state index in [0.29, 0.717) is 37.4 Å². The maximum atomic E-state index is 12.3. The van der Waals surface area contributed by atoms with Gasteiger partial charge in [-0.15, -0.1) is 0 Å². The molecule has 0 aromatic carbocycles. The van der Waals surface area contributed by atoms with E-state index in [1.54, 1.807) is 4.90 Å². The third-order valence-electron chi connectivity index (χ3n) is 3.89. The van der Waals surface area contributed by atoms with Crippen LogP contribution in [0.3, 0.4) is 0 Å². The number of hydrogen-bond acceptors (Lipinski definition) is 3. The van der Waals surface area contributed by atoms with E-state index in [0.717, 1.165) is 12.8 Å². The van der Waals surface area contributed by atoms with Crippen molar-refractivity contribution in [2.45, 2.75) is 25.7 Å². The van der Waals surface area contributed by atoms with E-state index in [9.17, 15) is 18.9 Å². The van der Waals surface area contributed by atoms with Crippen LogP contribution >= 0.6 is 0 Å². The van der Waals surface area contributed by atoms with Crippen molar-refractivity contribution in [3.05, 3.63) is 0 Å². The Bertz CT molecular complexity index is 361. The van der Waals surface area contributed by atoms with Gasteiger partial charge in [0.05, 0.1) is 11.8 Å². The third kappa shape index (κ3) is 2.91. The fourth-order valence-corrected chi connectivity index (χ4v) is 3.87. The molecule has 1 saturated carbocycles. The van der Waals surface area contributed by atoms with Crippen LogP contribution in [0.15, 0.2) is 0 Å². The summed E-state index contributed by atoms with van der Waals surface area (Å²) in [4.78, 5) is 25.2. The lowest BCUT2D eigenvalue weighted by Gasteiger charge is -2.34. The van der Waals surface area contributed by atoms with E-state index >= 15 is 0 Å². The Morgan fingerprint density at radius 2 is 1.61 bits per heavy atom. The first kappa shape index (κ1) is 13.5. The van der Waals surface area contributed by atoms with Crippen LogP contribution in [0.5, 0.6) is 0 Å². The molecule has 2 aliphatic rings. The zero-order chi connectivity index (χ0) is 13.1. The predicted octanol–water partition coefficient (Wildman–Crippen LogP) is 0.468. The number of aliphatic carboxylic acids is 1. The predicted molar refractivity (Wildman–Crippen MR) is 67.5 cm³/mol. The standard InChI is InChI=1S/C12H19NO4S/c14-11(13-5-7-18(17)8-6-13)9-3-1-2-4-10(9)12(15)16/h9-10H,1-8H2,(H,15,16). The van der Waals surface area contributed by atoms with Crippen molar-refractivity contribution in [2.24, 2.45) is 11.8 Å². The molecule has 0 aromatic heterocycles. The van der Waals surface area contributed by atoms with Gasteiger partial charge in [0.15, 0.2) is 0 Å². The van der Waals surface area contributed by atoms with E-state index in [1.165, 1.54) is 0 Å². The maximum absolute atomic E-state index is 12.3. The molecule has 102 valence electrons. The molecule has 1 heterocycles. The Balaban J connectivity index is 2.02. The molecule has 0 radical (unpaired) electrons. The van der Waals surface area contributed by atoms with E-state index < -0.39 is 22.7 Å². The normalized spacial score (nSPS) is 30.1. The lowest BCUT2D eigenvalue weighted by atomic mass is 9.78. The van der Waals surface area contributed by atoms with Gasteiger partial charge in [0.2, 0.25) is 5.91 Å². The molecule has 1 N–H and O–H groups in total. The van der Waals surface area contributed by atoms with Crippen molar-refractivity contribution < 1.29 is 18.9 Å². The van der Waals surface area contributed by atoms with E-state index in [2.05, 4.69) is 0 Å². The molecule has 1 aliphatic heterocycles. The van der Waals surface area contributed by atoms with Gasteiger partial charge in [-0.05, 0) is 12.8 Å². The van der Waals surface area contributed by atoms with E-state index in [-0.39, 0.29) is 11.8 Å². The van der Waals surface area contributed by atoms with Gasteiger partial charge in [-0.2, -0.15) is 0 Å². The van der Waals surface area contributed by atoms with Crippen LogP contribution in [-0.4, -0.2) is 50.7 Å². The number of carboxylic acids is 1. The number of nitrogens with zero attached hydrogens (tertiary/aromatic N) is 1. The van der Waals surface area contributed by atoms with Crippen molar-refractivity contribution in [1.82, 2.24) is 4.90 Å². The minimum atomic E-state index is -0.853. The summed E-state index contributed by atoms with van der Waals surface area (Å²) >= 11 is 0. The smallest absolute Gasteiger partial charge is 0.307 e. The first-order chi connectivity index (χ1) is 8.59. The number of rotatable bonds is 2. The molecule has 1 amide bonds. The van der Waals surface area contributed by atoms with Gasteiger partial charge >= 0.3 is 5.97 Å². The molecule has 0 aromatic rings. The van der Waals surface area contributed by atoms with E-state index in [1.807, 2.05) is 0 Å². The second kappa shape index (κ2) is 5.82. The molecular formula is C12H19NO4S. The largest absolute Gasteiger partial charge is 0.481 e. The number of carbonyl (C=O) groups excluding carboxylic acids is 1. The highest BCUT2D eigenvalue weighted by Gasteiger charge is 2.38. The molecule has 2 fully saturated rings. The van der Waals surface area contributed by atoms with Gasteiger partial charge in [0.1, 0.15) is 0 Å². The van der Waals surface area contributed by atoms with Gasteiger partial charge in [-0.1, -0.05) is 12.8 Å². The molecule has 2 atom stereocenters. The fraction of sp³-hybridized carbons (Fsp3) is 0.833. The molecule has 1 saturated heterocycles. The molecule has 0 spiro atoms. The zero-order valence-corrected chi connectivity index (χ0v) is 11.2. The quantitative estimate of drug-likeness (QED) is 0.793. The van der Waals surface area contributed by atoms with Crippen LogP contribution in [0.4, 0.5) is 0 Å². The second-order valence-corrected chi connectivity index (χ2v) is 6.71. The van der Waals surface area contributed by atoms with E-state index in [4.69, 9.17) is 0 Å². The molecule has 0 bridgehead atoms. The van der Waals surface area contributed by atoms with Crippen LogP contribution in [-0.2, 0) is 20.4 Å². The van der Waals surface area contributed by atoms with Crippen LogP contribution in [0.1, 0.15) is 25.7 Å². The Kier molecular flexibility index (Phi) is 4.37. The summed E-state index contributed by atoms with van der Waals surface area (Å²) in [5.41, 5.74) is 0. The zero-order valence-electron chi connectivity index (χ0n) is 10.3. The van der Waals surface area contributed by atoms with Crippen LogP contribution in [0.2, 0.25) is 0 Å². The minimum Gasteiger partial charge on any atom is -0.481 e. The SMILES string of the molecule is O=C(O)C1CCCCC1C(=O)N1CCS(=O)CC1. The van der Waals surface area contributed by atoms with Crippen LogP contribution in [0, 0.1) is 11.8 Å². The van der Waals surface area contributed by atoms with Crippen molar-refractivity contribution in [3.63, 3.8) is 0 Å². The lowest BCUT2D eigenvalue weighted by Crippen LogP contribution is -2.47. The van der Waals surface area contributed by atoms with Gasteiger partial charge in [-0.25, -0.2) is 0 Å². The molecule has 6 heteroatoms. The Morgan fingerprint density at radius 3 is 2.17 bits per heavy atom. The molecule has 2 unspecified atom stereocenters. The highest BCUT2D eigenvalue weighted by Crippen LogP contribution is 2.31. The summed E-state index contributed by atoms with van der Waals surface area (Å²) in [5.74, 6) is -0.749. The molecule has 18 heavy (non-hydrogen) atoms. The van der Waals surface area contributed by atoms with Gasteiger partial charge in [-0.3, -0.25) is 13.8 Å². The molecular weight excluding hydrogens is 254 g/mol. The Labute approximate surface area is 109 Å².